The van der Waals surface area contributed by atoms with E-state index in [9.17, 15) is 14.4 Å². The molecule has 1 aromatic carbocycles. The van der Waals surface area contributed by atoms with Gasteiger partial charge in [0.15, 0.2) is 0 Å². The van der Waals surface area contributed by atoms with E-state index in [1.807, 2.05) is 40.1 Å². The Morgan fingerprint density at radius 2 is 1.85 bits per heavy atom. The van der Waals surface area contributed by atoms with Gasteiger partial charge in [0.1, 0.15) is 18.9 Å². The summed E-state index contributed by atoms with van der Waals surface area (Å²) in [5.74, 6) is 0.905. The lowest BCUT2D eigenvalue weighted by atomic mass is 9.82. The van der Waals surface area contributed by atoms with Crippen molar-refractivity contribution in [1.29, 1.82) is 0 Å². The number of nitrogens with zero attached hydrogens (tertiary/aromatic N) is 3. The van der Waals surface area contributed by atoms with Crippen LogP contribution in [0.5, 0.6) is 5.75 Å². The Bertz CT molecular complexity index is 896. The van der Waals surface area contributed by atoms with Crippen LogP contribution in [0.25, 0.3) is 0 Å². The Hall–Kier alpha value is -2.87. The molecule has 8 heteroatoms. The standard InChI is InChI=1S/C25H33N3O5/c1-19(29)28-17-22-5-2-3-7-23(22)33-12-4-6-21-16-27(25(31)18-28)9-8-20(21)15-24(30)26-10-13-32-14-11-26/h2-7,20-21H,8-18H2,1H3/t20-,21-/m0/s1. The number of fused-ring (bicyclic) bond motifs is 3. The lowest BCUT2D eigenvalue weighted by Gasteiger charge is -2.39. The average Bonchev–Trinajstić information content (AvgIpc) is 2.83. The van der Waals surface area contributed by atoms with Crippen molar-refractivity contribution in [2.45, 2.75) is 26.3 Å². The molecular weight excluding hydrogens is 422 g/mol. The molecule has 0 aliphatic carbocycles. The summed E-state index contributed by atoms with van der Waals surface area (Å²) < 4.78 is 11.4. The van der Waals surface area contributed by atoms with Crippen molar-refractivity contribution in [2.75, 3.05) is 52.5 Å². The number of benzene rings is 1. The van der Waals surface area contributed by atoms with E-state index in [2.05, 4.69) is 6.08 Å². The molecule has 3 heterocycles. The van der Waals surface area contributed by atoms with Crippen molar-refractivity contribution < 1.29 is 23.9 Å². The number of piperidine rings is 1. The van der Waals surface area contributed by atoms with Crippen molar-refractivity contribution in [1.82, 2.24) is 14.7 Å². The summed E-state index contributed by atoms with van der Waals surface area (Å²) in [5, 5.41) is 0. The summed E-state index contributed by atoms with van der Waals surface area (Å²) in [5.41, 5.74) is 0.875. The lowest BCUT2D eigenvalue weighted by molar-refractivity contribution is -0.142. The molecule has 2 saturated heterocycles. The van der Waals surface area contributed by atoms with Gasteiger partial charge in [-0.25, -0.2) is 0 Å². The first-order valence-electron chi connectivity index (χ1n) is 11.8. The minimum absolute atomic E-state index is 0.0392. The molecule has 0 aromatic heterocycles. The van der Waals surface area contributed by atoms with Gasteiger partial charge in [0.25, 0.3) is 0 Å². The number of ether oxygens (including phenoxy) is 2. The molecule has 33 heavy (non-hydrogen) atoms. The molecule has 0 radical (unpaired) electrons. The van der Waals surface area contributed by atoms with Crippen molar-refractivity contribution in [3.8, 4) is 5.75 Å². The lowest BCUT2D eigenvalue weighted by Crippen LogP contribution is -2.49. The Balaban J connectivity index is 1.52. The number of hydrogen-bond donors (Lipinski definition) is 0. The van der Waals surface area contributed by atoms with Crippen molar-refractivity contribution in [2.24, 2.45) is 11.8 Å². The van der Waals surface area contributed by atoms with Crippen LogP contribution in [0.3, 0.4) is 0 Å². The zero-order valence-corrected chi connectivity index (χ0v) is 19.3. The van der Waals surface area contributed by atoms with Gasteiger partial charge in [0.05, 0.1) is 13.2 Å². The third kappa shape index (κ3) is 5.93. The second-order valence-corrected chi connectivity index (χ2v) is 8.97. The largest absolute Gasteiger partial charge is 0.489 e. The van der Waals surface area contributed by atoms with E-state index in [0.29, 0.717) is 64.7 Å². The van der Waals surface area contributed by atoms with Crippen LogP contribution in [0.1, 0.15) is 25.3 Å². The molecule has 3 aliphatic heterocycles. The SMILES string of the molecule is CC(=O)N1CC(=O)N2CC[C@@H](CC(=O)N3CCOCC3)[C@@H](C=CCOc3ccccc3C1)C2. The van der Waals surface area contributed by atoms with Crippen LogP contribution in [0.4, 0.5) is 0 Å². The molecule has 4 rings (SSSR count). The van der Waals surface area contributed by atoms with Crippen LogP contribution in [0.2, 0.25) is 0 Å². The van der Waals surface area contributed by atoms with Gasteiger partial charge in [-0.2, -0.15) is 0 Å². The molecule has 0 spiro atoms. The Labute approximate surface area is 195 Å². The van der Waals surface area contributed by atoms with Gasteiger partial charge >= 0.3 is 0 Å². The van der Waals surface area contributed by atoms with Crippen LogP contribution >= 0.6 is 0 Å². The molecule has 0 N–H and O–H groups in total. The fourth-order valence-corrected chi connectivity index (χ4v) is 4.79. The fraction of sp³-hybridized carbons (Fsp3) is 0.560. The Morgan fingerprint density at radius 3 is 2.64 bits per heavy atom. The minimum atomic E-state index is -0.145. The van der Waals surface area contributed by atoms with Gasteiger partial charge in [0, 0.05) is 51.6 Å². The van der Waals surface area contributed by atoms with Crippen LogP contribution in [-0.4, -0.2) is 85.0 Å². The fourth-order valence-electron chi connectivity index (χ4n) is 4.79. The smallest absolute Gasteiger partial charge is 0.242 e. The first-order chi connectivity index (χ1) is 16.0. The van der Waals surface area contributed by atoms with Crippen LogP contribution in [0, 0.1) is 11.8 Å². The predicted octanol–water partition coefficient (Wildman–Crippen LogP) is 1.70. The first kappa shape index (κ1) is 23.3. The zero-order chi connectivity index (χ0) is 23.2. The number of hydrogen-bond acceptors (Lipinski definition) is 5. The van der Waals surface area contributed by atoms with E-state index in [-0.39, 0.29) is 36.1 Å². The highest BCUT2D eigenvalue weighted by atomic mass is 16.5. The summed E-state index contributed by atoms with van der Waals surface area (Å²) in [6, 6.07) is 7.61. The summed E-state index contributed by atoms with van der Waals surface area (Å²) in [6.45, 7) is 5.87. The Morgan fingerprint density at radius 1 is 1.06 bits per heavy atom. The first-order valence-corrected chi connectivity index (χ1v) is 11.8. The number of rotatable bonds is 2. The number of carbonyl (C=O) groups is 3. The highest BCUT2D eigenvalue weighted by Crippen LogP contribution is 2.29. The third-order valence-electron chi connectivity index (χ3n) is 6.78. The maximum atomic E-state index is 13.1. The summed E-state index contributed by atoms with van der Waals surface area (Å²) in [7, 11) is 0. The molecule has 8 nitrogen and oxygen atoms in total. The van der Waals surface area contributed by atoms with Gasteiger partial charge in [-0.15, -0.1) is 0 Å². The van der Waals surface area contributed by atoms with E-state index in [4.69, 9.17) is 9.47 Å². The van der Waals surface area contributed by atoms with Gasteiger partial charge in [-0.1, -0.05) is 30.4 Å². The van der Waals surface area contributed by atoms with Gasteiger partial charge in [0.2, 0.25) is 17.7 Å². The van der Waals surface area contributed by atoms with E-state index in [1.54, 1.807) is 4.90 Å². The second kappa shape index (κ2) is 10.8. The highest BCUT2D eigenvalue weighted by Gasteiger charge is 2.33. The van der Waals surface area contributed by atoms with Gasteiger partial charge in [-0.05, 0) is 24.3 Å². The quantitative estimate of drug-likeness (QED) is 0.635. The summed E-state index contributed by atoms with van der Waals surface area (Å²) in [4.78, 5) is 43.6. The molecule has 3 aliphatic rings. The second-order valence-electron chi connectivity index (χ2n) is 8.97. The monoisotopic (exact) mass is 455 g/mol. The Kier molecular flexibility index (Phi) is 7.65. The molecule has 178 valence electrons. The average molecular weight is 456 g/mol. The summed E-state index contributed by atoms with van der Waals surface area (Å²) >= 11 is 0. The molecule has 2 atom stereocenters. The normalized spacial score (nSPS) is 24.2. The molecule has 2 bridgehead atoms. The topological polar surface area (TPSA) is 79.4 Å². The molecule has 1 aromatic rings. The van der Waals surface area contributed by atoms with Gasteiger partial charge < -0.3 is 24.2 Å². The minimum Gasteiger partial charge on any atom is -0.489 e. The highest BCUT2D eigenvalue weighted by molar-refractivity contribution is 5.84. The number of para-hydroxylation sites is 1. The molecule has 0 saturated carbocycles. The maximum Gasteiger partial charge on any atom is 0.242 e. The van der Waals surface area contributed by atoms with Crippen molar-refractivity contribution >= 4 is 17.7 Å². The molecule has 0 unspecified atom stereocenters. The molecular formula is C25H33N3O5. The van der Waals surface area contributed by atoms with Crippen molar-refractivity contribution in [3.63, 3.8) is 0 Å². The van der Waals surface area contributed by atoms with Crippen molar-refractivity contribution in [3.05, 3.63) is 42.0 Å². The van der Waals surface area contributed by atoms with Gasteiger partial charge in [-0.3, -0.25) is 14.4 Å². The van der Waals surface area contributed by atoms with E-state index in [0.717, 1.165) is 12.0 Å². The number of carbonyl (C=O) groups excluding carboxylic acids is 3. The predicted molar refractivity (Wildman–Crippen MR) is 122 cm³/mol. The molecule has 2 fully saturated rings. The number of morpholine rings is 1. The zero-order valence-electron chi connectivity index (χ0n) is 19.3. The van der Waals surface area contributed by atoms with Crippen LogP contribution in [-0.2, 0) is 25.7 Å². The summed E-state index contributed by atoms with van der Waals surface area (Å²) in [6.07, 6.45) is 5.32. The maximum absolute atomic E-state index is 13.1. The molecule has 3 amide bonds. The number of amides is 3. The van der Waals surface area contributed by atoms with E-state index in [1.165, 1.54) is 6.92 Å². The van der Waals surface area contributed by atoms with Crippen LogP contribution in [0.15, 0.2) is 36.4 Å². The van der Waals surface area contributed by atoms with E-state index >= 15 is 0 Å². The third-order valence-corrected chi connectivity index (χ3v) is 6.78. The van der Waals surface area contributed by atoms with E-state index < -0.39 is 0 Å². The van der Waals surface area contributed by atoms with Crippen LogP contribution < -0.4 is 4.74 Å².